The number of carbonyl (C=O) groups is 1. The first kappa shape index (κ1) is 19.1. The number of hydrogen-bond acceptors (Lipinski definition) is 6. The summed E-state index contributed by atoms with van der Waals surface area (Å²) in [5, 5.41) is 0.772. The van der Waals surface area contributed by atoms with Crippen molar-refractivity contribution in [3.8, 4) is 11.5 Å². The molecule has 150 valence electrons. The van der Waals surface area contributed by atoms with Gasteiger partial charge in [0, 0.05) is 17.0 Å². The molecule has 0 N–H and O–H groups in total. The molecule has 2 aromatic carbocycles. The van der Waals surface area contributed by atoms with Crippen molar-refractivity contribution in [1.29, 1.82) is 0 Å². The van der Waals surface area contributed by atoms with Gasteiger partial charge in [0.05, 0.1) is 5.56 Å². The zero-order valence-corrected chi connectivity index (χ0v) is 16.6. The van der Waals surface area contributed by atoms with Gasteiger partial charge in [-0.3, -0.25) is 0 Å². The van der Waals surface area contributed by atoms with Crippen molar-refractivity contribution >= 4 is 16.9 Å². The van der Waals surface area contributed by atoms with Gasteiger partial charge in [0.15, 0.2) is 11.5 Å². The van der Waals surface area contributed by atoms with Crippen LogP contribution >= 0.6 is 0 Å². The average molecular weight is 394 g/mol. The van der Waals surface area contributed by atoms with Crippen LogP contribution in [0.4, 0.5) is 0 Å². The van der Waals surface area contributed by atoms with Gasteiger partial charge >= 0.3 is 11.6 Å². The van der Waals surface area contributed by atoms with Crippen LogP contribution in [0, 0.1) is 6.92 Å². The van der Waals surface area contributed by atoms with E-state index in [2.05, 4.69) is 13.8 Å². The molecule has 1 aromatic heterocycles. The quantitative estimate of drug-likeness (QED) is 0.484. The monoisotopic (exact) mass is 394 g/mol. The topological polar surface area (TPSA) is 75.0 Å². The molecule has 0 unspecified atom stereocenters. The molecule has 6 nitrogen and oxygen atoms in total. The Morgan fingerprint density at radius 2 is 1.83 bits per heavy atom. The van der Waals surface area contributed by atoms with Gasteiger partial charge in [-0.05, 0) is 54.3 Å². The van der Waals surface area contributed by atoms with Crippen LogP contribution in [0.2, 0.25) is 0 Å². The number of hydrogen-bond donors (Lipinski definition) is 0. The maximum atomic E-state index is 12.5. The number of rotatable bonds is 4. The van der Waals surface area contributed by atoms with Crippen molar-refractivity contribution in [2.24, 2.45) is 0 Å². The van der Waals surface area contributed by atoms with Gasteiger partial charge in [-0.2, -0.15) is 0 Å². The Kier molecular flexibility index (Phi) is 5.01. The highest BCUT2D eigenvalue weighted by Crippen LogP contribution is 2.31. The van der Waals surface area contributed by atoms with Crippen LogP contribution in [0.25, 0.3) is 11.0 Å². The molecule has 29 heavy (non-hydrogen) atoms. The Balaban J connectivity index is 1.61. The zero-order chi connectivity index (χ0) is 20.5. The SMILES string of the molecule is Cc1cc2oc(=O)cc(COC(=O)c3ccc4c(c3)OCCO4)c2cc1C(C)C. The number of carbonyl (C=O) groups excluding carboxylic acids is 1. The number of fused-ring (bicyclic) bond motifs is 2. The molecule has 0 amide bonds. The summed E-state index contributed by atoms with van der Waals surface area (Å²) in [7, 11) is 0. The molecule has 1 aliphatic heterocycles. The third kappa shape index (κ3) is 3.83. The van der Waals surface area contributed by atoms with Crippen LogP contribution in [-0.2, 0) is 11.3 Å². The second kappa shape index (κ2) is 7.62. The fraction of sp³-hybridized carbons (Fsp3) is 0.304. The summed E-state index contributed by atoms with van der Waals surface area (Å²) >= 11 is 0. The summed E-state index contributed by atoms with van der Waals surface area (Å²) in [5.41, 5.74) is 3.21. The Hall–Kier alpha value is -3.28. The summed E-state index contributed by atoms with van der Waals surface area (Å²) < 4.78 is 21.8. The highest BCUT2D eigenvalue weighted by molar-refractivity contribution is 5.90. The van der Waals surface area contributed by atoms with Crippen LogP contribution in [0.15, 0.2) is 45.6 Å². The number of esters is 1. The first-order valence-electron chi connectivity index (χ1n) is 9.56. The lowest BCUT2D eigenvalue weighted by Gasteiger charge is -2.18. The molecule has 2 heterocycles. The van der Waals surface area contributed by atoms with Gasteiger partial charge in [-0.25, -0.2) is 9.59 Å². The second-order valence-electron chi connectivity index (χ2n) is 7.38. The summed E-state index contributed by atoms with van der Waals surface area (Å²) in [6.45, 7) is 7.09. The van der Waals surface area contributed by atoms with Crippen molar-refractivity contribution < 1.29 is 23.4 Å². The first-order chi connectivity index (χ1) is 13.9. The largest absolute Gasteiger partial charge is 0.486 e. The molecule has 6 heteroatoms. The van der Waals surface area contributed by atoms with Crippen LogP contribution < -0.4 is 15.1 Å². The van der Waals surface area contributed by atoms with E-state index in [4.69, 9.17) is 18.6 Å². The number of ether oxygens (including phenoxy) is 3. The molecule has 4 rings (SSSR count). The summed E-state index contributed by atoms with van der Waals surface area (Å²) in [6, 6.07) is 10.2. The predicted molar refractivity (Wildman–Crippen MR) is 108 cm³/mol. The van der Waals surface area contributed by atoms with E-state index in [1.54, 1.807) is 18.2 Å². The Labute approximate surface area is 168 Å². The van der Waals surface area contributed by atoms with E-state index in [0.717, 1.165) is 16.5 Å². The molecule has 0 aliphatic carbocycles. The molecule has 0 atom stereocenters. The second-order valence-corrected chi connectivity index (χ2v) is 7.38. The predicted octanol–water partition coefficient (Wildman–Crippen LogP) is 4.35. The summed E-state index contributed by atoms with van der Waals surface area (Å²) in [5.74, 6) is 0.948. The van der Waals surface area contributed by atoms with Crippen molar-refractivity contribution in [3.63, 3.8) is 0 Å². The van der Waals surface area contributed by atoms with E-state index in [1.165, 1.54) is 6.07 Å². The lowest BCUT2D eigenvalue weighted by molar-refractivity contribution is 0.0472. The molecule has 0 radical (unpaired) electrons. The van der Waals surface area contributed by atoms with Gasteiger partial charge in [0.25, 0.3) is 0 Å². The highest BCUT2D eigenvalue weighted by Gasteiger charge is 2.17. The van der Waals surface area contributed by atoms with E-state index in [-0.39, 0.29) is 6.61 Å². The smallest absolute Gasteiger partial charge is 0.338 e. The first-order valence-corrected chi connectivity index (χ1v) is 9.56. The Morgan fingerprint density at radius 1 is 1.07 bits per heavy atom. The highest BCUT2D eigenvalue weighted by atomic mass is 16.6. The van der Waals surface area contributed by atoms with Gasteiger partial charge in [0.1, 0.15) is 25.4 Å². The van der Waals surface area contributed by atoms with Crippen LogP contribution in [0.5, 0.6) is 11.5 Å². The summed E-state index contributed by atoms with van der Waals surface area (Å²) in [6.07, 6.45) is 0. The molecular formula is C23H22O6. The van der Waals surface area contributed by atoms with E-state index in [1.807, 2.05) is 19.1 Å². The van der Waals surface area contributed by atoms with Crippen LogP contribution in [-0.4, -0.2) is 19.2 Å². The zero-order valence-electron chi connectivity index (χ0n) is 16.6. The Morgan fingerprint density at radius 3 is 2.59 bits per heavy atom. The van der Waals surface area contributed by atoms with Crippen molar-refractivity contribution in [2.75, 3.05) is 13.2 Å². The van der Waals surface area contributed by atoms with E-state index in [0.29, 0.717) is 47.3 Å². The third-order valence-corrected chi connectivity index (χ3v) is 4.98. The molecule has 0 saturated heterocycles. The lowest BCUT2D eigenvalue weighted by Crippen LogP contribution is -2.16. The fourth-order valence-electron chi connectivity index (χ4n) is 3.53. The van der Waals surface area contributed by atoms with E-state index in [9.17, 15) is 9.59 Å². The normalized spacial score (nSPS) is 13.0. The molecule has 3 aromatic rings. The van der Waals surface area contributed by atoms with Gasteiger partial charge in [-0.1, -0.05) is 13.8 Å². The molecule has 0 saturated carbocycles. The van der Waals surface area contributed by atoms with E-state index >= 15 is 0 Å². The van der Waals surface area contributed by atoms with Crippen LogP contribution in [0.1, 0.15) is 46.8 Å². The number of aryl methyl sites for hydroxylation is 1. The van der Waals surface area contributed by atoms with Crippen molar-refractivity contribution in [1.82, 2.24) is 0 Å². The standard InChI is InChI=1S/C23H22O6/c1-13(2)17-11-18-16(10-22(24)29-20(18)8-14(17)3)12-28-23(25)15-4-5-19-21(9-15)27-7-6-26-19/h4-5,8-11,13H,6-7,12H2,1-3H3. The average Bonchev–Trinajstić information content (AvgIpc) is 2.70. The third-order valence-electron chi connectivity index (χ3n) is 4.98. The number of benzene rings is 2. The van der Waals surface area contributed by atoms with Crippen LogP contribution in [0.3, 0.4) is 0 Å². The van der Waals surface area contributed by atoms with Gasteiger partial charge < -0.3 is 18.6 Å². The van der Waals surface area contributed by atoms with Crippen molar-refractivity contribution in [3.05, 3.63) is 69.1 Å². The van der Waals surface area contributed by atoms with Crippen molar-refractivity contribution in [2.45, 2.75) is 33.3 Å². The molecular weight excluding hydrogens is 372 g/mol. The lowest BCUT2D eigenvalue weighted by atomic mass is 9.95. The fourth-order valence-corrected chi connectivity index (χ4v) is 3.53. The van der Waals surface area contributed by atoms with Gasteiger partial charge in [0.2, 0.25) is 0 Å². The molecule has 0 fully saturated rings. The minimum Gasteiger partial charge on any atom is -0.486 e. The summed E-state index contributed by atoms with van der Waals surface area (Å²) in [4.78, 5) is 24.5. The molecule has 1 aliphatic rings. The molecule has 0 bridgehead atoms. The van der Waals surface area contributed by atoms with Gasteiger partial charge in [-0.15, -0.1) is 0 Å². The Bertz CT molecular complexity index is 1140. The maximum absolute atomic E-state index is 12.5. The maximum Gasteiger partial charge on any atom is 0.338 e. The minimum absolute atomic E-state index is 0.0318. The van der Waals surface area contributed by atoms with E-state index < -0.39 is 11.6 Å². The minimum atomic E-state index is -0.500. The molecule has 0 spiro atoms.